The lowest BCUT2D eigenvalue weighted by Gasteiger charge is -2.39. The van der Waals surface area contributed by atoms with Gasteiger partial charge in [-0.2, -0.15) is 0 Å². The molecule has 1 fully saturated rings. The van der Waals surface area contributed by atoms with Crippen LogP contribution in [0.5, 0.6) is 0 Å². The Bertz CT molecular complexity index is 150. The molecule has 72 valence electrons. The Morgan fingerprint density at radius 2 is 1.92 bits per heavy atom. The Morgan fingerprint density at radius 1 is 1.33 bits per heavy atom. The molecule has 1 aliphatic heterocycles. The van der Waals surface area contributed by atoms with Gasteiger partial charge in [0.2, 0.25) is 0 Å². The second kappa shape index (κ2) is 3.68. The molecule has 1 heterocycles. The summed E-state index contributed by atoms with van der Waals surface area (Å²) in [6.45, 7) is 1.37. The fourth-order valence-corrected chi connectivity index (χ4v) is 1.35. The van der Waals surface area contributed by atoms with Crippen molar-refractivity contribution in [2.45, 2.75) is 37.4 Å². The molecule has 0 aliphatic carbocycles. The highest BCUT2D eigenvalue weighted by Gasteiger charge is 2.39. The van der Waals surface area contributed by atoms with Crippen molar-refractivity contribution in [2.75, 3.05) is 6.61 Å². The van der Waals surface area contributed by atoms with Gasteiger partial charge in [-0.05, 0) is 6.92 Å². The van der Waals surface area contributed by atoms with Crippen LogP contribution in [0, 0.1) is 0 Å². The normalized spacial score (nSPS) is 49.2. The number of aliphatic hydroxyl groups excluding tert-OH is 3. The van der Waals surface area contributed by atoms with Crippen LogP contribution in [0.2, 0.25) is 0 Å². The van der Waals surface area contributed by atoms with Crippen LogP contribution >= 0.6 is 0 Å². The number of nitrogens with two attached hydrogens (primary N) is 1. The van der Waals surface area contributed by atoms with E-state index in [1.165, 1.54) is 0 Å². The summed E-state index contributed by atoms with van der Waals surface area (Å²) < 4.78 is 5.10. The van der Waals surface area contributed by atoms with Gasteiger partial charge in [0.05, 0.1) is 24.9 Å². The standard InChI is InChI=1S/C7H15NO4/c1-3-6(10)5(8)7(11)4(2-9)12-3/h3-7,9-11H,2,8H2,1H3/t3-,4?,5+,6?,7-/m0/s1. The summed E-state index contributed by atoms with van der Waals surface area (Å²) in [4.78, 5) is 0. The van der Waals surface area contributed by atoms with Crippen LogP contribution in [0.15, 0.2) is 0 Å². The summed E-state index contributed by atoms with van der Waals surface area (Å²) in [7, 11) is 0. The van der Waals surface area contributed by atoms with Gasteiger partial charge in [-0.25, -0.2) is 0 Å². The lowest BCUT2D eigenvalue weighted by Crippen LogP contribution is -2.61. The van der Waals surface area contributed by atoms with E-state index in [1.54, 1.807) is 6.92 Å². The van der Waals surface area contributed by atoms with E-state index in [1.807, 2.05) is 0 Å². The molecule has 2 unspecified atom stereocenters. The Balaban J connectivity index is 2.63. The molecule has 0 saturated carbocycles. The summed E-state index contributed by atoms with van der Waals surface area (Å²) in [5.41, 5.74) is 5.49. The van der Waals surface area contributed by atoms with Crippen molar-refractivity contribution in [1.82, 2.24) is 0 Å². The monoisotopic (exact) mass is 177 g/mol. The van der Waals surface area contributed by atoms with Crippen LogP contribution in [0.4, 0.5) is 0 Å². The van der Waals surface area contributed by atoms with Gasteiger partial charge in [0.1, 0.15) is 12.2 Å². The molecule has 5 heteroatoms. The molecule has 5 nitrogen and oxygen atoms in total. The van der Waals surface area contributed by atoms with Crippen molar-refractivity contribution >= 4 is 0 Å². The predicted molar refractivity (Wildman–Crippen MR) is 41.4 cm³/mol. The molecule has 1 saturated heterocycles. The Hall–Kier alpha value is -0.200. The topological polar surface area (TPSA) is 95.9 Å². The van der Waals surface area contributed by atoms with Gasteiger partial charge in [-0.15, -0.1) is 0 Å². The molecule has 5 N–H and O–H groups in total. The molecule has 12 heavy (non-hydrogen) atoms. The third kappa shape index (κ3) is 1.60. The van der Waals surface area contributed by atoms with Crippen molar-refractivity contribution in [3.8, 4) is 0 Å². The Morgan fingerprint density at radius 3 is 2.42 bits per heavy atom. The molecule has 5 atom stereocenters. The number of hydrogen-bond donors (Lipinski definition) is 4. The number of aliphatic hydroxyl groups is 3. The Labute approximate surface area is 70.8 Å². The first-order valence-corrected chi connectivity index (χ1v) is 3.96. The maximum atomic E-state index is 9.36. The first-order valence-electron chi connectivity index (χ1n) is 3.96. The Kier molecular flexibility index (Phi) is 3.03. The first-order chi connectivity index (χ1) is 5.57. The van der Waals surface area contributed by atoms with E-state index in [2.05, 4.69) is 0 Å². The first kappa shape index (κ1) is 9.88. The van der Waals surface area contributed by atoms with Gasteiger partial charge < -0.3 is 25.8 Å². The zero-order valence-corrected chi connectivity index (χ0v) is 6.92. The summed E-state index contributed by atoms with van der Waals surface area (Å²) in [6.07, 6.45) is -3.00. The van der Waals surface area contributed by atoms with E-state index in [4.69, 9.17) is 15.6 Å². The summed E-state index contributed by atoms with van der Waals surface area (Å²) in [5, 5.41) is 27.5. The molecule has 0 radical (unpaired) electrons. The quantitative estimate of drug-likeness (QED) is 0.365. The minimum absolute atomic E-state index is 0.286. The van der Waals surface area contributed by atoms with E-state index in [9.17, 15) is 10.2 Å². The average molecular weight is 177 g/mol. The molecule has 0 spiro atoms. The minimum Gasteiger partial charge on any atom is -0.394 e. The molecule has 1 aliphatic rings. The van der Waals surface area contributed by atoms with E-state index < -0.39 is 30.5 Å². The van der Waals surface area contributed by atoms with E-state index in [-0.39, 0.29) is 6.61 Å². The van der Waals surface area contributed by atoms with E-state index in [0.29, 0.717) is 0 Å². The number of ether oxygens (including phenoxy) is 1. The van der Waals surface area contributed by atoms with Crippen molar-refractivity contribution in [1.29, 1.82) is 0 Å². The summed E-state index contributed by atoms with van der Waals surface area (Å²) in [5.74, 6) is 0. The fourth-order valence-electron chi connectivity index (χ4n) is 1.35. The molecule has 0 bridgehead atoms. The van der Waals surface area contributed by atoms with E-state index in [0.717, 1.165) is 0 Å². The maximum absolute atomic E-state index is 9.36. The fraction of sp³-hybridized carbons (Fsp3) is 1.00. The van der Waals surface area contributed by atoms with Crippen molar-refractivity contribution < 1.29 is 20.1 Å². The van der Waals surface area contributed by atoms with Crippen LogP contribution in [-0.2, 0) is 4.74 Å². The predicted octanol–water partition coefficient (Wildman–Crippen LogP) is -2.18. The molecule has 0 amide bonds. The molecule has 0 aromatic carbocycles. The van der Waals surface area contributed by atoms with Gasteiger partial charge >= 0.3 is 0 Å². The van der Waals surface area contributed by atoms with Crippen molar-refractivity contribution in [2.24, 2.45) is 5.73 Å². The second-order valence-electron chi connectivity index (χ2n) is 3.12. The van der Waals surface area contributed by atoms with Crippen LogP contribution in [-0.4, -0.2) is 52.4 Å². The third-order valence-electron chi connectivity index (χ3n) is 2.22. The van der Waals surface area contributed by atoms with Gasteiger partial charge in [-0.3, -0.25) is 0 Å². The second-order valence-corrected chi connectivity index (χ2v) is 3.12. The molecule has 0 aromatic heterocycles. The van der Waals surface area contributed by atoms with Gasteiger partial charge in [-0.1, -0.05) is 0 Å². The highest BCUT2D eigenvalue weighted by Crippen LogP contribution is 2.18. The highest BCUT2D eigenvalue weighted by molar-refractivity contribution is 4.92. The van der Waals surface area contributed by atoms with Crippen molar-refractivity contribution in [3.63, 3.8) is 0 Å². The van der Waals surface area contributed by atoms with Gasteiger partial charge in [0.15, 0.2) is 0 Å². The van der Waals surface area contributed by atoms with Crippen LogP contribution in [0.3, 0.4) is 0 Å². The SMILES string of the molecule is C[C@@H]1OC(CO)[C@H](O)[C@H](N)C1O. The van der Waals surface area contributed by atoms with Gasteiger partial charge in [0.25, 0.3) is 0 Å². The van der Waals surface area contributed by atoms with Crippen LogP contribution in [0.1, 0.15) is 6.92 Å². The highest BCUT2D eigenvalue weighted by atomic mass is 16.5. The summed E-state index contributed by atoms with van der Waals surface area (Å²) in [6, 6.07) is -0.745. The van der Waals surface area contributed by atoms with Gasteiger partial charge in [0, 0.05) is 0 Å². The molecule has 1 rings (SSSR count). The largest absolute Gasteiger partial charge is 0.394 e. The average Bonchev–Trinajstić information content (AvgIpc) is 2.08. The zero-order chi connectivity index (χ0) is 9.30. The third-order valence-corrected chi connectivity index (χ3v) is 2.22. The van der Waals surface area contributed by atoms with E-state index >= 15 is 0 Å². The minimum atomic E-state index is -0.999. The summed E-state index contributed by atoms with van der Waals surface area (Å²) >= 11 is 0. The molecule has 0 aromatic rings. The maximum Gasteiger partial charge on any atom is 0.108 e. The molecular formula is C7H15NO4. The lowest BCUT2D eigenvalue weighted by molar-refractivity contribution is -0.182. The van der Waals surface area contributed by atoms with Crippen LogP contribution < -0.4 is 5.73 Å². The number of hydrogen-bond acceptors (Lipinski definition) is 5. The number of rotatable bonds is 1. The zero-order valence-electron chi connectivity index (χ0n) is 6.92. The smallest absolute Gasteiger partial charge is 0.108 e. The van der Waals surface area contributed by atoms with Crippen LogP contribution in [0.25, 0.3) is 0 Å². The lowest BCUT2D eigenvalue weighted by atomic mass is 9.94. The van der Waals surface area contributed by atoms with Crippen molar-refractivity contribution in [3.05, 3.63) is 0 Å². The molecular weight excluding hydrogens is 162 g/mol.